The summed E-state index contributed by atoms with van der Waals surface area (Å²) in [4.78, 5) is 31.4. The van der Waals surface area contributed by atoms with Crippen LogP contribution >= 0.6 is 0 Å². The zero-order chi connectivity index (χ0) is 21.9. The average molecular weight is 413 g/mol. The van der Waals surface area contributed by atoms with Crippen LogP contribution in [-0.2, 0) is 0 Å². The molecule has 0 saturated carbocycles. The summed E-state index contributed by atoms with van der Waals surface area (Å²) in [5.74, 6) is 0.168. The number of hydrogen-bond donors (Lipinski definition) is 2. The van der Waals surface area contributed by atoms with E-state index in [9.17, 15) is 9.59 Å². The first-order chi connectivity index (χ1) is 14.6. The van der Waals surface area contributed by atoms with Crippen LogP contribution < -0.4 is 15.4 Å². The Morgan fingerprint density at radius 3 is 2.33 bits per heavy atom. The number of carbonyl (C=O) groups excluding carboxylic acids is 2. The maximum absolute atomic E-state index is 13.3. The van der Waals surface area contributed by atoms with Gasteiger partial charge in [-0.1, -0.05) is 32.8 Å². The number of methoxy groups -OCH3 is 1. The van der Waals surface area contributed by atoms with Gasteiger partial charge in [0, 0.05) is 32.5 Å². The minimum atomic E-state index is -0.248. The van der Waals surface area contributed by atoms with E-state index in [2.05, 4.69) is 29.5 Å². The number of benzene rings is 1. The van der Waals surface area contributed by atoms with Crippen LogP contribution in [0.2, 0.25) is 0 Å². The maximum Gasteiger partial charge on any atom is 0.257 e. The smallest absolute Gasteiger partial charge is 0.257 e. The lowest BCUT2D eigenvalue weighted by Crippen LogP contribution is -2.33. The number of unbranched alkanes of at least 4 members (excludes halogenated alkanes) is 2. The third kappa shape index (κ3) is 5.72. The number of rotatable bonds is 11. The van der Waals surface area contributed by atoms with Crippen molar-refractivity contribution in [2.24, 2.45) is 0 Å². The molecule has 1 aromatic carbocycles. The summed E-state index contributed by atoms with van der Waals surface area (Å²) >= 11 is 0. The molecule has 0 bridgehead atoms. The summed E-state index contributed by atoms with van der Waals surface area (Å²) < 4.78 is 5.63. The van der Waals surface area contributed by atoms with Crippen LogP contribution in [0.15, 0.2) is 36.7 Å². The number of nitrogens with zero attached hydrogens (tertiary/aromatic N) is 2. The number of nitrogens with one attached hydrogen (secondary N) is 2. The molecule has 2 aromatic rings. The van der Waals surface area contributed by atoms with Crippen LogP contribution in [0.25, 0.3) is 0 Å². The van der Waals surface area contributed by atoms with Crippen molar-refractivity contribution in [2.75, 3.05) is 32.6 Å². The summed E-state index contributed by atoms with van der Waals surface area (Å²) in [6.45, 7) is 5.68. The minimum absolute atomic E-state index is 0.0429. The van der Waals surface area contributed by atoms with Gasteiger partial charge in [-0.05, 0) is 31.0 Å². The normalized spacial score (nSPS) is 10.4. The number of aromatic nitrogens is 1. The fraction of sp³-hybridized carbons (Fsp3) is 0.435. The van der Waals surface area contributed by atoms with Gasteiger partial charge in [0.2, 0.25) is 0 Å². The highest BCUT2D eigenvalue weighted by Gasteiger charge is 2.22. The lowest BCUT2D eigenvalue weighted by atomic mass is 10.1. The molecule has 0 atom stereocenters. The van der Waals surface area contributed by atoms with Gasteiger partial charge in [0.25, 0.3) is 11.8 Å². The third-order valence-electron chi connectivity index (χ3n) is 4.86. The van der Waals surface area contributed by atoms with Crippen molar-refractivity contribution in [1.29, 1.82) is 0 Å². The fourth-order valence-electron chi connectivity index (χ4n) is 3.17. The molecule has 7 heteroatoms. The molecule has 0 spiro atoms. The fourth-order valence-corrected chi connectivity index (χ4v) is 3.17. The number of hydrogen-bond acceptors (Lipinski definition) is 5. The van der Waals surface area contributed by atoms with Crippen molar-refractivity contribution in [1.82, 2.24) is 15.2 Å². The quantitative estimate of drug-likeness (QED) is 0.577. The van der Waals surface area contributed by atoms with Crippen molar-refractivity contribution in [3.05, 3.63) is 47.8 Å². The average Bonchev–Trinajstić information content (AvgIpc) is 2.78. The molecule has 0 aliphatic rings. The molecule has 1 aromatic heterocycles. The molecule has 7 nitrogen and oxygen atoms in total. The lowest BCUT2D eigenvalue weighted by molar-refractivity contribution is 0.0747. The molecule has 0 aliphatic heterocycles. The summed E-state index contributed by atoms with van der Waals surface area (Å²) in [6.07, 6.45) is 7.08. The highest BCUT2D eigenvalue weighted by atomic mass is 16.5. The zero-order valence-corrected chi connectivity index (χ0v) is 18.3. The monoisotopic (exact) mass is 412 g/mol. The molecule has 0 aliphatic carbocycles. The number of amides is 2. The standard InChI is InChI=1S/C23H32N4O3/c1-5-7-14-27(15-8-6-2)23(29)17-10-9-11-20(21(17)30-4)26-19-12-13-25-16-18(19)22(28)24-3/h9-13,16H,5-8,14-15H2,1-4H3,(H,24,28)(H,25,26). The van der Waals surface area contributed by atoms with Crippen molar-refractivity contribution in [2.45, 2.75) is 39.5 Å². The van der Waals surface area contributed by atoms with Gasteiger partial charge in [-0.3, -0.25) is 14.6 Å². The van der Waals surface area contributed by atoms with Crippen molar-refractivity contribution >= 4 is 23.2 Å². The van der Waals surface area contributed by atoms with Crippen molar-refractivity contribution < 1.29 is 14.3 Å². The molecule has 2 N–H and O–H groups in total. The van der Waals surface area contributed by atoms with Crippen molar-refractivity contribution in [3.8, 4) is 5.75 Å². The van der Waals surface area contributed by atoms with Gasteiger partial charge in [-0.25, -0.2) is 0 Å². The number of para-hydroxylation sites is 1. The topological polar surface area (TPSA) is 83.6 Å². The lowest BCUT2D eigenvalue weighted by Gasteiger charge is -2.24. The van der Waals surface area contributed by atoms with Crippen molar-refractivity contribution in [3.63, 3.8) is 0 Å². The molecule has 0 fully saturated rings. The highest BCUT2D eigenvalue weighted by molar-refractivity contribution is 6.01. The van der Waals surface area contributed by atoms with Gasteiger partial charge in [-0.15, -0.1) is 0 Å². The molecular weight excluding hydrogens is 380 g/mol. The number of pyridine rings is 1. The Morgan fingerprint density at radius 2 is 1.73 bits per heavy atom. The third-order valence-corrected chi connectivity index (χ3v) is 4.86. The Kier molecular flexibility index (Phi) is 9.12. The van der Waals surface area contributed by atoms with E-state index in [4.69, 9.17) is 4.74 Å². The Hall–Kier alpha value is -3.09. The van der Waals surface area contributed by atoms with E-state index in [1.165, 1.54) is 6.20 Å². The summed E-state index contributed by atoms with van der Waals surface area (Å²) in [7, 11) is 3.12. The number of ether oxygens (including phenoxy) is 1. The van der Waals surface area contributed by atoms with Gasteiger partial charge < -0.3 is 20.3 Å². The summed E-state index contributed by atoms with van der Waals surface area (Å²) in [6, 6.07) is 7.14. The maximum atomic E-state index is 13.3. The number of carbonyl (C=O) groups is 2. The molecule has 30 heavy (non-hydrogen) atoms. The largest absolute Gasteiger partial charge is 0.494 e. The molecule has 0 unspecified atom stereocenters. The van der Waals surface area contributed by atoms with E-state index < -0.39 is 0 Å². The van der Waals surface area contributed by atoms with Crippen LogP contribution in [0, 0.1) is 0 Å². The Bertz CT molecular complexity index is 846. The summed E-state index contributed by atoms with van der Waals surface area (Å²) in [5, 5.41) is 5.84. The van der Waals surface area contributed by atoms with Crippen LogP contribution in [0.4, 0.5) is 11.4 Å². The van der Waals surface area contributed by atoms with Crippen LogP contribution in [0.3, 0.4) is 0 Å². The number of anilines is 2. The molecule has 2 amide bonds. The van der Waals surface area contributed by atoms with E-state index in [0.29, 0.717) is 28.3 Å². The molecule has 0 radical (unpaired) electrons. The van der Waals surface area contributed by atoms with Gasteiger partial charge in [0.1, 0.15) is 0 Å². The molecular formula is C23H32N4O3. The molecule has 0 saturated heterocycles. The van der Waals surface area contributed by atoms with Crippen LogP contribution in [0.1, 0.15) is 60.2 Å². The van der Waals surface area contributed by atoms with E-state index in [0.717, 1.165) is 38.8 Å². The van der Waals surface area contributed by atoms with Gasteiger partial charge in [-0.2, -0.15) is 0 Å². The zero-order valence-electron chi connectivity index (χ0n) is 18.3. The summed E-state index contributed by atoms with van der Waals surface area (Å²) in [5.41, 5.74) is 2.11. The predicted octanol–water partition coefficient (Wildman–Crippen LogP) is 4.24. The van der Waals surface area contributed by atoms with E-state index >= 15 is 0 Å². The Morgan fingerprint density at radius 1 is 1.03 bits per heavy atom. The molecule has 2 rings (SSSR count). The van der Waals surface area contributed by atoms with E-state index in [-0.39, 0.29) is 11.8 Å². The first-order valence-electron chi connectivity index (χ1n) is 10.5. The second-order valence-electron chi connectivity index (χ2n) is 7.01. The van der Waals surface area contributed by atoms with E-state index in [1.54, 1.807) is 32.5 Å². The van der Waals surface area contributed by atoms with Gasteiger partial charge >= 0.3 is 0 Å². The Balaban J connectivity index is 2.38. The predicted molar refractivity (Wildman–Crippen MR) is 120 cm³/mol. The highest BCUT2D eigenvalue weighted by Crippen LogP contribution is 2.33. The van der Waals surface area contributed by atoms with Gasteiger partial charge in [0.05, 0.1) is 29.6 Å². The second-order valence-corrected chi connectivity index (χ2v) is 7.01. The van der Waals surface area contributed by atoms with E-state index in [1.807, 2.05) is 17.0 Å². The van der Waals surface area contributed by atoms with Crippen LogP contribution in [0.5, 0.6) is 5.75 Å². The molecule has 1 heterocycles. The first kappa shape index (κ1) is 23.2. The minimum Gasteiger partial charge on any atom is -0.494 e. The SMILES string of the molecule is CCCCN(CCCC)C(=O)c1cccc(Nc2ccncc2C(=O)NC)c1OC. The first-order valence-corrected chi connectivity index (χ1v) is 10.5. The van der Waals surface area contributed by atoms with Gasteiger partial charge in [0.15, 0.2) is 5.75 Å². The van der Waals surface area contributed by atoms with Crippen LogP contribution in [-0.4, -0.2) is 48.9 Å². The second kappa shape index (κ2) is 11.8. The Labute approximate surface area is 178 Å². The molecule has 162 valence electrons.